The summed E-state index contributed by atoms with van der Waals surface area (Å²) in [5.41, 5.74) is 0.933. The topological polar surface area (TPSA) is 67.9 Å². The minimum absolute atomic E-state index is 0.0459. The molecule has 20 heavy (non-hydrogen) atoms. The molecule has 104 valence electrons. The van der Waals surface area contributed by atoms with Crippen LogP contribution < -0.4 is 0 Å². The summed E-state index contributed by atoms with van der Waals surface area (Å²) in [6.07, 6.45) is 1.46. The SMILES string of the molecule is N#CCCN(CCC#N)C(=O)CCc1ccccc1Cl. The molecular formula is C15H16ClN3O. The summed E-state index contributed by atoms with van der Waals surface area (Å²) in [5, 5.41) is 17.8. The molecule has 0 radical (unpaired) electrons. The number of nitrogens with zero attached hydrogens (tertiary/aromatic N) is 3. The molecule has 0 saturated heterocycles. The maximum absolute atomic E-state index is 12.1. The quantitative estimate of drug-likeness (QED) is 0.775. The summed E-state index contributed by atoms with van der Waals surface area (Å²) in [7, 11) is 0. The number of hydrogen-bond acceptors (Lipinski definition) is 3. The third kappa shape index (κ3) is 5.30. The fourth-order valence-electron chi connectivity index (χ4n) is 1.83. The highest BCUT2D eigenvalue weighted by molar-refractivity contribution is 6.31. The van der Waals surface area contributed by atoms with Gasteiger partial charge >= 0.3 is 0 Å². The van der Waals surface area contributed by atoms with E-state index >= 15 is 0 Å². The lowest BCUT2D eigenvalue weighted by molar-refractivity contribution is -0.131. The molecule has 0 N–H and O–H groups in total. The predicted octanol–water partition coefficient (Wildman–Crippen LogP) is 2.93. The van der Waals surface area contributed by atoms with Crippen LogP contribution in [0.15, 0.2) is 24.3 Å². The largest absolute Gasteiger partial charge is 0.341 e. The lowest BCUT2D eigenvalue weighted by Gasteiger charge is -2.20. The fourth-order valence-corrected chi connectivity index (χ4v) is 2.06. The van der Waals surface area contributed by atoms with E-state index in [2.05, 4.69) is 0 Å². The molecule has 1 aromatic rings. The highest BCUT2D eigenvalue weighted by Crippen LogP contribution is 2.17. The molecule has 0 saturated carbocycles. The number of nitriles is 2. The van der Waals surface area contributed by atoms with Crippen LogP contribution in [-0.2, 0) is 11.2 Å². The number of halogens is 1. The van der Waals surface area contributed by atoms with Crippen molar-refractivity contribution in [1.29, 1.82) is 10.5 Å². The third-order valence-corrected chi connectivity index (χ3v) is 3.27. The van der Waals surface area contributed by atoms with E-state index in [1.54, 1.807) is 11.0 Å². The van der Waals surface area contributed by atoms with Crippen molar-refractivity contribution in [3.8, 4) is 12.1 Å². The summed E-state index contributed by atoms with van der Waals surface area (Å²) in [4.78, 5) is 13.7. The fraction of sp³-hybridized carbons (Fsp3) is 0.400. The van der Waals surface area contributed by atoms with Crippen LogP contribution in [0.4, 0.5) is 0 Å². The first-order chi connectivity index (χ1) is 9.69. The van der Waals surface area contributed by atoms with Gasteiger partial charge in [0.2, 0.25) is 5.91 Å². The average Bonchev–Trinajstić information content (AvgIpc) is 2.46. The van der Waals surface area contributed by atoms with E-state index in [0.29, 0.717) is 31.0 Å². The van der Waals surface area contributed by atoms with E-state index in [0.717, 1.165) is 5.56 Å². The molecule has 0 aromatic heterocycles. The van der Waals surface area contributed by atoms with E-state index in [9.17, 15) is 4.79 Å². The minimum Gasteiger partial charge on any atom is -0.341 e. The normalized spacial score (nSPS) is 9.55. The van der Waals surface area contributed by atoms with Crippen LogP contribution in [0, 0.1) is 22.7 Å². The highest BCUT2D eigenvalue weighted by atomic mass is 35.5. The summed E-state index contributed by atoms with van der Waals surface area (Å²) >= 11 is 6.04. The number of benzene rings is 1. The second-order valence-electron chi connectivity index (χ2n) is 4.29. The molecule has 1 aromatic carbocycles. The highest BCUT2D eigenvalue weighted by Gasteiger charge is 2.13. The van der Waals surface area contributed by atoms with Gasteiger partial charge in [-0.15, -0.1) is 0 Å². The number of aryl methyl sites for hydroxylation is 1. The maximum atomic E-state index is 12.1. The zero-order valence-corrected chi connectivity index (χ0v) is 11.9. The van der Waals surface area contributed by atoms with Crippen LogP contribution >= 0.6 is 11.6 Å². The molecule has 0 atom stereocenters. The number of amides is 1. The Kier molecular flexibility index (Phi) is 7.17. The van der Waals surface area contributed by atoms with Gasteiger partial charge in [0.25, 0.3) is 0 Å². The minimum atomic E-state index is -0.0459. The van der Waals surface area contributed by atoms with Crippen LogP contribution in [0.5, 0.6) is 0 Å². The van der Waals surface area contributed by atoms with E-state index in [1.165, 1.54) is 0 Å². The summed E-state index contributed by atoms with van der Waals surface area (Å²) in [5.74, 6) is -0.0459. The molecule has 0 fully saturated rings. The first-order valence-corrected chi connectivity index (χ1v) is 6.82. The predicted molar refractivity (Wildman–Crippen MR) is 76.8 cm³/mol. The average molecular weight is 290 g/mol. The molecule has 1 amide bonds. The van der Waals surface area contributed by atoms with Crippen molar-refractivity contribution in [2.24, 2.45) is 0 Å². The number of hydrogen-bond donors (Lipinski definition) is 0. The Balaban J connectivity index is 2.55. The molecule has 4 nitrogen and oxygen atoms in total. The smallest absolute Gasteiger partial charge is 0.222 e. The molecule has 0 bridgehead atoms. The van der Waals surface area contributed by atoms with Crippen molar-refractivity contribution >= 4 is 17.5 Å². The number of carbonyl (C=O) groups excluding carboxylic acids is 1. The molecule has 5 heteroatoms. The molecule has 0 spiro atoms. The molecule has 0 unspecified atom stereocenters. The molecule has 0 aliphatic rings. The van der Waals surface area contributed by atoms with Crippen molar-refractivity contribution in [3.63, 3.8) is 0 Å². The van der Waals surface area contributed by atoms with Crippen molar-refractivity contribution in [1.82, 2.24) is 4.90 Å². The molecule has 0 heterocycles. The summed E-state index contributed by atoms with van der Waals surface area (Å²) in [6, 6.07) is 11.4. The number of carbonyl (C=O) groups is 1. The van der Waals surface area contributed by atoms with Gasteiger partial charge in [-0.2, -0.15) is 10.5 Å². The molecule has 0 aliphatic heterocycles. The van der Waals surface area contributed by atoms with Crippen LogP contribution in [-0.4, -0.2) is 23.9 Å². The van der Waals surface area contributed by atoms with Gasteiger partial charge in [0, 0.05) is 24.5 Å². The van der Waals surface area contributed by atoms with Crippen molar-refractivity contribution in [3.05, 3.63) is 34.9 Å². The van der Waals surface area contributed by atoms with Gasteiger partial charge in [0.15, 0.2) is 0 Å². The standard InChI is InChI=1S/C15H16ClN3O/c16-14-6-2-1-5-13(14)7-8-15(20)19(11-3-9-17)12-4-10-18/h1-2,5-6H,3-4,7-8,11-12H2. The molecule has 0 aliphatic carbocycles. The van der Waals surface area contributed by atoms with E-state index in [-0.39, 0.29) is 18.7 Å². The van der Waals surface area contributed by atoms with Gasteiger partial charge in [-0.05, 0) is 18.1 Å². The van der Waals surface area contributed by atoms with Crippen LogP contribution in [0.25, 0.3) is 0 Å². The Bertz CT molecular complexity index is 513. The van der Waals surface area contributed by atoms with Crippen LogP contribution in [0.3, 0.4) is 0 Å². The van der Waals surface area contributed by atoms with E-state index in [4.69, 9.17) is 22.1 Å². The Morgan fingerprint density at radius 2 is 1.75 bits per heavy atom. The van der Waals surface area contributed by atoms with Crippen LogP contribution in [0.2, 0.25) is 5.02 Å². The van der Waals surface area contributed by atoms with Crippen molar-refractivity contribution in [2.75, 3.05) is 13.1 Å². The first kappa shape index (κ1) is 16.0. The third-order valence-electron chi connectivity index (χ3n) is 2.91. The second kappa shape index (κ2) is 8.96. The first-order valence-electron chi connectivity index (χ1n) is 6.44. The van der Waals surface area contributed by atoms with Gasteiger partial charge in [-0.3, -0.25) is 4.79 Å². The van der Waals surface area contributed by atoms with E-state index < -0.39 is 0 Å². The Morgan fingerprint density at radius 1 is 1.15 bits per heavy atom. The van der Waals surface area contributed by atoms with Gasteiger partial charge in [0.05, 0.1) is 25.0 Å². The van der Waals surface area contributed by atoms with E-state index in [1.807, 2.05) is 30.3 Å². The van der Waals surface area contributed by atoms with Crippen LogP contribution in [0.1, 0.15) is 24.8 Å². The molecule has 1 rings (SSSR count). The van der Waals surface area contributed by atoms with Gasteiger partial charge < -0.3 is 4.90 Å². The van der Waals surface area contributed by atoms with Gasteiger partial charge in [-0.1, -0.05) is 29.8 Å². The van der Waals surface area contributed by atoms with Gasteiger partial charge in [0.1, 0.15) is 0 Å². The van der Waals surface area contributed by atoms with Gasteiger partial charge in [-0.25, -0.2) is 0 Å². The Hall–Kier alpha value is -2.04. The second-order valence-corrected chi connectivity index (χ2v) is 4.70. The zero-order valence-electron chi connectivity index (χ0n) is 11.2. The summed E-state index contributed by atoms with van der Waals surface area (Å²) in [6.45, 7) is 0.749. The summed E-state index contributed by atoms with van der Waals surface area (Å²) < 4.78 is 0. The zero-order chi connectivity index (χ0) is 14.8. The Labute approximate surface area is 124 Å². The number of rotatable bonds is 7. The van der Waals surface area contributed by atoms with Crippen molar-refractivity contribution < 1.29 is 4.79 Å². The Morgan fingerprint density at radius 3 is 2.30 bits per heavy atom. The lowest BCUT2D eigenvalue weighted by Crippen LogP contribution is -2.32. The lowest BCUT2D eigenvalue weighted by atomic mass is 10.1. The van der Waals surface area contributed by atoms with Crippen molar-refractivity contribution in [2.45, 2.75) is 25.7 Å². The monoisotopic (exact) mass is 289 g/mol. The maximum Gasteiger partial charge on any atom is 0.222 e. The molecular weight excluding hydrogens is 274 g/mol.